The lowest BCUT2D eigenvalue weighted by atomic mass is 9.52. The van der Waals surface area contributed by atoms with Crippen LogP contribution >= 0.6 is 0 Å². The molecule has 0 saturated carbocycles. The summed E-state index contributed by atoms with van der Waals surface area (Å²) >= 11 is 0. The molecule has 2 N–H and O–H groups in total. The standard InChI is InChI=1S/C18H13NO4/c20-16-14-13-9-5-1-3-7-11(9)18(22,15(14)17(21)19(16)23)12-8-4-2-6-10(12)13/h1-8,13-15,22-23H/t13?,14-,15+,18?/m0/s1. The van der Waals surface area contributed by atoms with E-state index in [9.17, 15) is 19.9 Å². The van der Waals surface area contributed by atoms with Gasteiger partial charge in [-0.15, -0.1) is 0 Å². The van der Waals surface area contributed by atoms with E-state index in [2.05, 4.69) is 0 Å². The molecular formula is C18H13NO4. The Morgan fingerprint density at radius 2 is 1.39 bits per heavy atom. The van der Waals surface area contributed by atoms with Crippen molar-refractivity contribution in [2.24, 2.45) is 11.8 Å². The van der Waals surface area contributed by atoms with Crippen molar-refractivity contribution in [2.75, 3.05) is 0 Å². The Labute approximate surface area is 131 Å². The number of hydrogen-bond acceptors (Lipinski definition) is 4. The van der Waals surface area contributed by atoms with E-state index in [-0.39, 0.29) is 11.0 Å². The van der Waals surface area contributed by atoms with Crippen LogP contribution in [0, 0.1) is 11.8 Å². The molecule has 0 unspecified atom stereocenters. The fourth-order valence-corrected chi connectivity index (χ4v) is 4.72. The average Bonchev–Trinajstić information content (AvgIpc) is 2.81. The van der Waals surface area contributed by atoms with Crippen LogP contribution in [0.5, 0.6) is 0 Å². The molecule has 23 heavy (non-hydrogen) atoms. The third-order valence-corrected chi connectivity index (χ3v) is 5.55. The van der Waals surface area contributed by atoms with Gasteiger partial charge in [0.2, 0.25) is 0 Å². The second-order valence-electron chi connectivity index (χ2n) is 6.41. The molecule has 5 nitrogen and oxygen atoms in total. The normalized spacial score (nSPS) is 33.5. The molecule has 0 radical (unpaired) electrons. The molecule has 0 aromatic heterocycles. The molecular weight excluding hydrogens is 294 g/mol. The first-order valence-corrected chi connectivity index (χ1v) is 7.54. The summed E-state index contributed by atoms with van der Waals surface area (Å²) in [4.78, 5) is 24.9. The van der Waals surface area contributed by atoms with Gasteiger partial charge in [-0.05, 0) is 22.3 Å². The van der Waals surface area contributed by atoms with Gasteiger partial charge in [0.15, 0.2) is 0 Å². The quantitative estimate of drug-likeness (QED) is 0.569. The molecule has 4 aliphatic rings. The minimum Gasteiger partial charge on any atom is -0.379 e. The lowest BCUT2D eigenvalue weighted by Gasteiger charge is -2.51. The summed E-state index contributed by atoms with van der Waals surface area (Å²) < 4.78 is 0. The van der Waals surface area contributed by atoms with Crippen LogP contribution in [0.4, 0.5) is 0 Å². The molecule has 6 rings (SSSR count). The average molecular weight is 307 g/mol. The molecule has 3 aliphatic carbocycles. The third-order valence-electron chi connectivity index (χ3n) is 5.55. The summed E-state index contributed by atoms with van der Waals surface area (Å²) in [7, 11) is 0. The predicted octanol–water partition coefficient (Wildman–Crippen LogP) is 1.37. The molecule has 2 bridgehead atoms. The number of carbonyl (C=O) groups is 2. The molecule has 1 aliphatic heterocycles. The van der Waals surface area contributed by atoms with E-state index in [1.54, 1.807) is 12.1 Å². The van der Waals surface area contributed by atoms with Crippen molar-refractivity contribution in [3.05, 3.63) is 70.8 Å². The van der Waals surface area contributed by atoms with Crippen molar-refractivity contribution in [1.29, 1.82) is 0 Å². The minimum absolute atomic E-state index is 0.186. The highest BCUT2D eigenvalue weighted by molar-refractivity contribution is 6.06. The van der Waals surface area contributed by atoms with E-state index in [1.165, 1.54) is 0 Å². The summed E-state index contributed by atoms with van der Waals surface area (Å²) in [6.07, 6.45) is 0. The van der Waals surface area contributed by atoms with Crippen LogP contribution < -0.4 is 0 Å². The van der Waals surface area contributed by atoms with Crippen LogP contribution in [0.15, 0.2) is 48.5 Å². The SMILES string of the molecule is O=C1[C@H]2C3c4ccccc4C(O)(c4ccccc43)[C@H]2C(=O)N1O. The molecule has 2 amide bonds. The van der Waals surface area contributed by atoms with Gasteiger partial charge in [0.25, 0.3) is 11.8 Å². The molecule has 2 aromatic carbocycles. The fourth-order valence-electron chi connectivity index (χ4n) is 4.72. The first-order valence-electron chi connectivity index (χ1n) is 7.54. The van der Waals surface area contributed by atoms with Gasteiger partial charge >= 0.3 is 0 Å². The zero-order chi connectivity index (χ0) is 15.9. The van der Waals surface area contributed by atoms with Gasteiger partial charge in [-0.25, -0.2) is 0 Å². The second kappa shape index (κ2) is 3.88. The number of aliphatic hydroxyl groups is 1. The van der Waals surface area contributed by atoms with Crippen LogP contribution in [0.1, 0.15) is 28.2 Å². The largest absolute Gasteiger partial charge is 0.379 e. The van der Waals surface area contributed by atoms with E-state index >= 15 is 0 Å². The molecule has 1 heterocycles. The number of carbonyl (C=O) groups excluding carboxylic acids is 2. The topological polar surface area (TPSA) is 77.8 Å². The zero-order valence-electron chi connectivity index (χ0n) is 12.0. The van der Waals surface area contributed by atoms with Crippen molar-refractivity contribution < 1.29 is 19.9 Å². The van der Waals surface area contributed by atoms with Crippen LogP contribution in [-0.2, 0) is 15.2 Å². The van der Waals surface area contributed by atoms with E-state index in [0.29, 0.717) is 11.1 Å². The lowest BCUT2D eigenvalue weighted by molar-refractivity contribution is -0.174. The highest BCUT2D eigenvalue weighted by atomic mass is 16.5. The second-order valence-corrected chi connectivity index (χ2v) is 6.41. The van der Waals surface area contributed by atoms with Gasteiger partial charge in [-0.1, -0.05) is 48.5 Å². The summed E-state index contributed by atoms with van der Waals surface area (Å²) in [5.41, 5.74) is 1.43. The number of nitrogens with zero attached hydrogens (tertiary/aromatic N) is 1. The van der Waals surface area contributed by atoms with Gasteiger partial charge in [-0.3, -0.25) is 14.8 Å². The fraction of sp³-hybridized carbons (Fsp3) is 0.222. The Balaban J connectivity index is 1.92. The van der Waals surface area contributed by atoms with Crippen molar-refractivity contribution in [3.8, 4) is 0 Å². The highest BCUT2D eigenvalue weighted by Gasteiger charge is 2.68. The summed E-state index contributed by atoms with van der Waals surface area (Å²) in [5.74, 6) is -3.42. The van der Waals surface area contributed by atoms with Crippen molar-refractivity contribution in [2.45, 2.75) is 11.5 Å². The molecule has 1 saturated heterocycles. The van der Waals surface area contributed by atoms with E-state index in [0.717, 1.165) is 11.1 Å². The molecule has 2 atom stereocenters. The maximum Gasteiger partial charge on any atom is 0.260 e. The van der Waals surface area contributed by atoms with E-state index < -0.39 is 29.3 Å². The number of benzene rings is 2. The number of hydroxylamine groups is 2. The van der Waals surface area contributed by atoms with Crippen molar-refractivity contribution in [3.63, 3.8) is 0 Å². The number of imide groups is 1. The summed E-state index contributed by atoms with van der Waals surface area (Å²) in [6, 6.07) is 14.7. The number of rotatable bonds is 0. The number of hydrogen-bond donors (Lipinski definition) is 2. The Morgan fingerprint density at radius 1 is 0.870 bits per heavy atom. The Hall–Kier alpha value is -2.50. The third kappa shape index (κ3) is 1.24. The lowest BCUT2D eigenvalue weighted by Crippen LogP contribution is -2.53. The van der Waals surface area contributed by atoms with Crippen LogP contribution in [-0.4, -0.2) is 27.2 Å². The maximum absolute atomic E-state index is 12.5. The zero-order valence-corrected chi connectivity index (χ0v) is 12.0. The Bertz CT molecular complexity index is 843. The van der Waals surface area contributed by atoms with Gasteiger partial charge in [0, 0.05) is 5.92 Å². The van der Waals surface area contributed by atoms with Gasteiger partial charge in [0.1, 0.15) is 5.60 Å². The van der Waals surface area contributed by atoms with Gasteiger partial charge in [0.05, 0.1) is 11.8 Å². The smallest absolute Gasteiger partial charge is 0.260 e. The first kappa shape index (κ1) is 13.0. The predicted molar refractivity (Wildman–Crippen MR) is 78.3 cm³/mol. The van der Waals surface area contributed by atoms with Gasteiger partial charge in [-0.2, -0.15) is 5.06 Å². The monoisotopic (exact) mass is 307 g/mol. The van der Waals surface area contributed by atoms with Crippen LogP contribution in [0.25, 0.3) is 0 Å². The van der Waals surface area contributed by atoms with Crippen LogP contribution in [0.2, 0.25) is 0 Å². The Kier molecular flexibility index (Phi) is 2.19. The maximum atomic E-state index is 12.5. The Morgan fingerprint density at radius 3 is 1.96 bits per heavy atom. The first-order chi connectivity index (χ1) is 11.1. The number of amides is 2. The van der Waals surface area contributed by atoms with Gasteiger partial charge < -0.3 is 5.11 Å². The molecule has 114 valence electrons. The molecule has 5 heteroatoms. The van der Waals surface area contributed by atoms with Crippen molar-refractivity contribution >= 4 is 11.8 Å². The highest BCUT2D eigenvalue weighted by Crippen LogP contribution is 2.62. The summed E-state index contributed by atoms with van der Waals surface area (Å²) in [6.45, 7) is 0. The van der Waals surface area contributed by atoms with E-state index in [1.807, 2.05) is 36.4 Å². The molecule has 0 spiro atoms. The van der Waals surface area contributed by atoms with E-state index in [4.69, 9.17) is 0 Å². The van der Waals surface area contributed by atoms with Crippen LogP contribution in [0.3, 0.4) is 0 Å². The van der Waals surface area contributed by atoms with Crippen molar-refractivity contribution in [1.82, 2.24) is 5.06 Å². The summed E-state index contributed by atoms with van der Waals surface area (Å²) in [5, 5.41) is 21.6. The molecule has 2 aromatic rings. The molecule has 1 fully saturated rings. The minimum atomic E-state index is -1.59.